The minimum Gasteiger partial charge on any atom is -0.385 e. The van der Waals surface area contributed by atoms with Gasteiger partial charge in [-0.25, -0.2) is 4.98 Å². The molecule has 1 aliphatic rings. The highest BCUT2D eigenvalue weighted by Gasteiger charge is 2.29. The van der Waals surface area contributed by atoms with Gasteiger partial charge in [0.1, 0.15) is 5.82 Å². The van der Waals surface area contributed by atoms with Crippen molar-refractivity contribution in [1.82, 2.24) is 19.8 Å². The number of para-hydroxylation sites is 2. The lowest BCUT2D eigenvalue weighted by Crippen LogP contribution is -2.42. The van der Waals surface area contributed by atoms with Crippen molar-refractivity contribution in [2.45, 2.75) is 70.6 Å². The summed E-state index contributed by atoms with van der Waals surface area (Å²) in [5, 5.41) is 2.89. The first-order chi connectivity index (χ1) is 22.8. The maximum Gasteiger partial charge on any atom is 0.251 e. The van der Waals surface area contributed by atoms with Crippen molar-refractivity contribution in [1.29, 1.82) is 0 Å². The Kier molecular flexibility index (Phi) is 12.2. The van der Waals surface area contributed by atoms with Gasteiger partial charge in [-0.1, -0.05) is 48.5 Å². The number of methoxy groups -OCH3 is 1. The zero-order valence-electron chi connectivity index (χ0n) is 28.0. The Morgan fingerprint density at radius 1 is 1.00 bits per heavy atom. The van der Waals surface area contributed by atoms with E-state index in [2.05, 4.69) is 52.3 Å². The number of nitrogens with two attached hydrogens (primary N) is 1. The van der Waals surface area contributed by atoms with Crippen LogP contribution in [-0.4, -0.2) is 78.4 Å². The molecule has 5 rings (SSSR count). The smallest absolute Gasteiger partial charge is 0.251 e. The number of aryl methyl sites for hydroxylation is 1. The summed E-state index contributed by atoms with van der Waals surface area (Å²) in [4.78, 5) is 32.9. The number of carbonyl (C=O) groups is 2. The van der Waals surface area contributed by atoms with Crippen LogP contribution in [-0.2, 0) is 27.2 Å². The lowest BCUT2D eigenvalue weighted by molar-refractivity contribution is -0.132. The molecular formula is C38H49N5O4. The molecule has 3 N–H and O–H groups in total. The van der Waals surface area contributed by atoms with Crippen molar-refractivity contribution in [3.8, 4) is 11.1 Å². The molecule has 0 saturated carbocycles. The number of nitrogens with zero attached hydrogens (tertiary/aromatic N) is 3. The number of ether oxygens (including phenoxy) is 2. The first kappa shape index (κ1) is 34.3. The molecule has 2 amide bonds. The lowest BCUT2D eigenvalue weighted by atomic mass is 9.95. The predicted octanol–water partition coefficient (Wildman–Crippen LogP) is 5.56. The number of amides is 2. The Balaban J connectivity index is 1.13. The molecule has 9 nitrogen and oxygen atoms in total. The third-order valence-corrected chi connectivity index (χ3v) is 8.76. The summed E-state index contributed by atoms with van der Waals surface area (Å²) < 4.78 is 13.1. The Morgan fingerprint density at radius 2 is 1.72 bits per heavy atom. The number of fused-ring (bicyclic) bond motifs is 1. The number of imidazole rings is 1. The summed E-state index contributed by atoms with van der Waals surface area (Å²) in [5.41, 5.74) is 12.5. The molecule has 2 unspecified atom stereocenters. The van der Waals surface area contributed by atoms with E-state index in [4.69, 9.17) is 20.2 Å². The van der Waals surface area contributed by atoms with E-state index in [1.807, 2.05) is 49.1 Å². The molecule has 2 heterocycles. The van der Waals surface area contributed by atoms with E-state index in [-0.39, 0.29) is 29.9 Å². The molecule has 1 aliphatic heterocycles. The summed E-state index contributed by atoms with van der Waals surface area (Å²) >= 11 is 0. The van der Waals surface area contributed by atoms with Gasteiger partial charge in [-0.2, -0.15) is 0 Å². The quantitative estimate of drug-likeness (QED) is 0.165. The maximum atomic E-state index is 13.4. The second-order valence-electron chi connectivity index (χ2n) is 12.8. The number of hydrogen-bond donors (Lipinski definition) is 2. The highest BCUT2D eigenvalue weighted by Crippen LogP contribution is 2.30. The molecule has 1 fully saturated rings. The molecule has 0 bridgehead atoms. The van der Waals surface area contributed by atoms with Gasteiger partial charge < -0.3 is 30.0 Å². The number of benzene rings is 3. The second-order valence-corrected chi connectivity index (χ2v) is 12.8. The van der Waals surface area contributed by atoms with Crippen molar-refractivity contribution in [3.63, 3.8) is 0 Å². The topological polar surface area (TPSA) is 112 Å². The van der Waals surface area contributed by atoms with Crippen LogP contribution in [0, 0.1) is 0 Å². The number of carbonyl (C=O) groups excluding carboxylic acids is 2. The maximum absolute atomic E-state index is 13.4. The summed E-state index contributed by atoms with van der Waals surface area (Å²) in [5.74, 6) is 1.26. The highest BCUT2D eigenvalue weighted by molar-refractivity contribution is 5.94. The highest BCUT2D eigenvalue weighted by atomic mass is 16.5. The van der Waals surface area contributed by atoms with Crippen LogP contribution < -0.4 is 11.1 Å². The summed E-state index contributed by atoms with van der Waals surface area (Å²) in [7, 11) is 1.73. The van der Waals surface area contributed by atoms with Crippen molar-refractivity contribution < 1.29 is 19.1 Å². The Morgan fingerprint density at radius 3 is 2.45 bits per heavy atom. The molecule has 4 aromatic rings. The number of hydrogen-bond acceptors (Lipinski definition) is 6. The first-order valence-electron chi connectivity index (χ1n) is 16.9. The molecule has 0 radical (unpaired) electrons. The molecule has 1 aromatic heterocycles. The van der Waals surface area contributed by atoms with Crippen LogP contribution in [0.15, 0.2) is 72.8 Å². The molecule has 1 saturated heterocycles. The normalized spacial score (nSPS) is 15.7. The number of piperidine rings is 1. The van der Waals surface area contributed by atoms with Crippen LogP contribution in [0.2, 0.25) is 0 Å². The Bertz CT molecular complexity index is 1600. The molecule has 3 aromatic carbocycles. The van der Waals surface area contributed by atoms with Gasteiger partial charge in [0.05, 0.1) is 23.7 Å². The van der Waals surface area contributed by atoms with E-state index in [9.17, 15) is 9.59 Å². The Labute approximate surface area is 278 Å². The monoisotopic (exact) mass is 639 g/mol. The fourth-order valence-electron chi connectivity index (χ4n) is 6.36. The van der Waals surface area contributed by atoms with Gasteiger partial charge in [0, 0.05) is 63.8 Å². The van der Waals surface area contributed by atoms with Crippen LogP contribution in [0.1, 0.15) is 67.2 Å². The molecule has 9 heteroatoms. The predicted molar refractivity (Wildman–Crippen MR) is 186 cm³/mol. The summed E-state index contributed by atoms with van der Waals surface area (Å²) in [6.07, 6.45) is 3.95. The van der Waals surface area contributed by atoms with E-state index in [1.165, 1.54) is 0 Å². The molecule has 47 heavy (non-hydrogen) atoms. The van der Waals surface area contributed by atoms with Crippen LogP contribution in [0.5, 0.6) is 0 Å². The van der Waals surface area contributed by atoms with Crippen LogP contribution >= 0.6 is 0 Å². The minimum atomic E-state index is -0.268. The number of likely N-dealkylation sites (tertiary alicyclic amines) is 1. The van der Waals surface area contributed by atoms with Crippen LogP contribution in [0.4, 0.5) is 0 Å². The zero-order valence-corrected chi connectivity index (χ0v) is 28.0. The van der Waals surface area contributed by atoms with Crippen molar-refractivity contribution in [2.75, 3.05) is 40.0 Å². The number of rotatable bonds is 15. The van der Waals surface area contributed by atoms with Crippen molar-refractivity contribution in [2.24, 2.45) is 5.73 Å². The van der Waals surface area contributed by atoms with Crippen molar-refractivity contribution >= 4 is 22.8 Å². The molecular weight excluding hydrogens is 590 g/mol. The van der Waals surface area contributed by atoms with E-state index < -0.39 is 0 Å². The average molecular weight is 640 g/mol. The molecule has 0 aliphatic carbocycles. The standard InChI is InChI=1S/C38H49N5O4/c1-27(2)47-23-19-40-38(45)31-17-15-30(16-18-31)29-13-11-28(12-14-29)24-33(39)25-36(44)42-20-6-8-32(26-42)37-41-34-9-4-5-10-35(34)43(37)21-7-22-46-3/h4-5,9-18,27,32-33H,6-8,19-26,39H2,1-3H3,(H,40,45). The van der Waals surface area contributed by atoms with Gasteiger partial charge in [0.2, 0.25) is 5.91 Å². The van der Waals surface area contributed by atoms with Crippen LogP contribution in [0.3, 0.4) is 0 Å². The van der Waals surface area contributed by atoms with Gasteiger partial charge in [0.15, 0.2) is 0 Å². The number of aromatic nitrogens is 2. The fraction of sp³-hybridized carbons (Fsp3) is 0.447. The summed E-state index contributed by atoms with van der Waals surface area (Å²) in [6, 6.07) is 23.9. The van der Waals surface area contributed by atoms with Gasteiger partial charge in [-0.15, -0.1) is 0 Å². The van der Waals surface area contributed by atoms with Gasteiger partial charge in [0.25, 0.3) is 5.91 Å². The molecule has 0 spiro atoms. The zero-order chi connectivity index (χ0) is 33.2. The van der Waals surface area contributed by atoms with Gasteiger partial charge in [-0.3, -0.25) is 9.59 Å². The summed E-state index contributed by atoms with van der Waals surface area (Å²) in [6.45, 7) is 7.88. The molecule has 250 valence electrons. The third kappa shape index (κ3) is 9.28. The molecule has 2 atom stereocenters. The van der Waals surface area contributed by atoms with E-state index in [0.29, 0.717) is 44.7 Å². The van der Waals surface area contributed by atoms with Gasteiger partial charge in [-0.05, 0) is 80.5 Å². The first-order valence-corrected chi connectivity index (χ1v) is 16.9. The van der Waals surface area contributed by atoms with E-state index in [1.54, 1.807) is 7.11 Å². The van der Waals surface area contributed by atoms with E-state index in [0.717, 1.165) is 65.9 Å². The van der Waals surface area contributed by atoms with Gasteiger partial charge >= 0.3 is 0 Å². The largest absolute Gasteiger partial charge is 0.385 e. The fourth-order valence-corrected chi connectivity index (χ4v) is 6.36. The second kappa shape index (κ2) is 16.7. The SMILES string of the molecule is COCCCn1c(C2CCCN(C(=O)CC(N)Cc3ccc(-c4ccc(C(=O)NCCOC(C)C)cc4)cc3)C2)nc2ccccc21. The minimum absolute atomic E-state index is 0.109. The Hall–Kier alpha value is -4.05. The number of nitrogens with one attached hydrogen (secondary N) is 1. The van der Waals surface area contributed by atoms with Crippen LogP contribution in [0.25, 0.3) is 22.2 Å². The lowest BCUT2D eigenvalue weighted by Gasteiger charge is -2.33. The third-order valence-electron chi connectivity index (χ3n) is 8.76. The average Bonchev–Trinajstić information content (AvgIpc) is 3.45. The van der Waals surface area contributed by atoms with Crippen molar-refractivity contribution in [3.05, 3.63) is 89.7 Å². The van der Waals surface area contributed by atoms with E-state index >= 15 is 0 Å².